The first-order chi connectivity index (χ1) is 7.02. The molecule has 0 fully saturated rings. The van der Waals surface area contributed by atoms with E-state index in [1.165, 1.54) is 18.3 Å². The van der Waals surface area contributed by atoms with Crippen LogP contribution in [-0.2, 0) is 0 Å². The Morgan fingerprint density at radius 3 is 2.67 bits per heavy atom. The summed E-state index contributed by atoms with van der Waals surface area (Å²) in [6.45, 7) is 1.77. The summed E-state index contributed by atoms with van der Waals surface area (Å²) < 4.78 is 33.9. The Morgan fingerprint density at radius 2 is 2.00 bits per heavy atom. The van der Waals surface area contributed by atoms with E-state index in [-0.39, 0.29) is 11.5 Å². The number of halogens is 2. The third kappa shape index (κ3) is 1.72. The fourth-order valence-electron chi connectivity index (χ4n) is 1.29. The summed E-state index contributed by atoms with van der Waals surface area (Å²) in [6, 6.07) is 4.54. The molecule has 5 heteroatoms. The van der Waals surface area contributed by atoms with E-state index in [1.807, 2.05) is 0 Å². The summed E-state index contributed by atoms with van der Waals surface area (Å²) in [5.41, 5.74) is 6.81. The normalized spacial score (nSPS) is 17.9. The minimum atomic E-state index is -3.57. The van der Waals surface area contributed by atoms with Crippen LogP contribution in [0.3, 0.4) is 0 Å². The zero-order valence-electron chi connectivity index (χ0n) is 7.96. The molecule has 0 unspecified atom stereocenters. The quantitative estimate of drug-likeness (QED) is 0.778. The predicted molar refractivity (Wildman–Crippen MR) is 50.5 cm³/mol. The van der Waals surface area contributed by atoms with Crippen LogP contribution in [0, 0.1) is 0 Å². The molecule has 0 spiro atoms. The second-order valence-corrected chi connectivity index (χ2v) is 3.18. The van der Waals surface area contributed by atoms with E-state index < -0.39 is 6.29 Å². The molecule has 0 atom stereocenters. The number of hydrogen-bond donors (Lipinski definition) is 1. The fraction of sp³-hybridized carbons (Fsp3) is 0.200. The minimum Gasteiger partial charge on any atom is -0.404 e. The highest BCUT2D eigenvalue weighted by Gasteiger charge is 2.43. The smallest absolute Gasteiger partial charge is 0.404 e. The average molecular weight is 213 g/mol. The molecule has 3 nitrogen and oxygen atoms in total. The zero-order valence-corrected chi connectivity index (χ0v) is 7.96. The lowest BCUT2D eigenvalue weighted by Gasteiger charge is -2.04. The Labute approximate surface area is 85.1 Å². The molecule has 0 amide bonds. The van der Waals surface area contributed by atoms with Crippen molar-refractivity contribution in [3.05, 3.63) is 30.0 Å². The molecule has 0 aliphatic carbocycles. The molecule has 80 valence electrons. The Balaban J connectivity index is 2.39. The van der Waals surface area contributed by atoms with E-state index in [2.05, 4.69) is 9.47 Å². The molecule has 0 aromatic heterocycles. The summed E-state index contributed by atoms with van der Waals surface area (Å²) in [4.78, 5) is 0. The molecule has 0 bridgehead atoms. The van der Waals surface area contributed by atoms with Crippen LogP contribution in [0.1, 0.15) is 12.5 Å². The van der Waals surface area contributed by atoms with E-state index in [4.69, 9.17) is 5.73 Å². The molecule has 2 rings (SSSR count). The van der Waals surface area contributed by atoms with E-state index in [1.54, 1.807) is 13.0 Å². The highest BCUT2D eigenvalue weighted by molar-refractivity contribution is 5.66. The van der Waals surface area contributed by atoms with Crippen LogP contribution in [-0.4, -0.2) is 6.29 Å². The van der Waals surface area contributed by atoms with Gasteiger partial charge in [-0.1, -0.05) is 6.07 Å². The maximum Gasteiger partial charge on any atom is 0.586 e. The van der Waals surface area contributed by atoms with Crippen molar-refractivity contribution in [3.8, 4) is 11.5 Å². The van der Waals surface area contributed by atoms with Crippen molar-refractivity contribution in [3.63, 3.8) is 0 Å². The summed E-state index contributed by atoms with van der Waals surface area (Å²) in [6.07, 6.45) is -2.17. The highest BCUT2D eigenvalue weighted by Crippen LogP contribution is 2.41. The van der Waals surface area contributed by atoms with Gasteiger partial charge in [0.05, 0.1) is 0 Å². The lowest BCUT2D eigenvalue weighted by Crippen LogP contribution is -2.25. The second kappa shape index (κ2) is 3.12. The summed E-state index contributed by atoms with van der Waals surface area (Å²) >= 11 is 0. The van der Waals surface area contributed by atoms with Gasteiger partial charge in [-0.3, -0.25) is 0 Å². The molecular formula is C10H9F2NO2. The molecule has 15 heavy (non-hydrogen) atoms. The van der Waals surface area contributed by atoms with Crippen LogP contribution in [0.15, 0.2) is 24.4 Å². The Kier molecular flexibility index (Phi) is 2.03. The molecule has 1 aliphatic rings. The van der Waals surface area contributed by atoms with Crippen LogP contribution in [0.2, 0.25) is 0 Å². The van der Waals surface area contributed by atoms with Gasteiger partial charge >= 0.3 is 6.29 Å². The van der Waals surface area contributed by atoms with E-state index in [0.717, 1.165) is 11.1 Å². The van der Waals surface area contributed by atoms with Crippen LogP contribution >= 0.6 is 0 Å². The lowest BCUT2D eigenvalue weighted by molar-refractivity contribution is -0.286. The van der Waals surface area contributed by atoms with Crippen molar-refractivity contribution in [2.75, 3.05) is 0 Å². The van der Waals surface area contributed by atoms with Crippen molar-refractivity contribution in [2.24, 2.45) is 5.73 Å². The number of fused-ring (bicyclic) bond motifs is 1. The van der Waals surface area contributed by atoms with Crippen molar-refractivity contribution >= 4 is 5.57 Å². The standard InChI is InChI=1S/C10H9F2NO2/c1-6(5-13)7-2-3-8-9(4-7)15-10(11,12)14-8/h2-5H,13H2,1H3/b6-5+. The monoisotopic (exact) mass is 213 g/mol. The molecule has 1 aliphatic heterocycles. The van der Waals surface area contributed by atoms with Gasteiger partial charge in [0.15, 0.2) is 11.5 Å². The SMILES string of the molecule is C/C(=C\N)c1ccc2c(c1)OC(F)(F)O2. The van der Waals surface area contributed by atoms with Gasteiger partial charge in [-0.05, 0) is 36.4 Å². The van der Waals surface area contributed by atoms with Crippen molar-refractivity contribution < 1.29 is 18.3 Å². The van der Waals surface area contributed by atoms with Crippen molar-refractivity contribution in [2.45, 2.75) is 13.2 Å². The number of allylic oxidation sites excluding steroid dienone is 1. The molecule has 1 heterocycles. The van der Waals surface area contributed by atoms with Gasteiger partial charge in [0.25, 0.3) is 0 Å². The second-order valence-electron chi connectivity index (χ2n) is 3.18. The van der Waals surface area contributed by atoms with E-state index in [0.29, 0.717) is 0 Å². The molecule has 0 saturated heterocycles. The maximum atomic E-state index is 12.7. The van der Waals surface area contributed by atoms with E-state index >= 15 is 0 Å². The first-order valence-electron chi connectivity index (χ1n) is 4.30. The van der Waals surface area contributed by atoms with Gasteiger partial charge in [-0.15, -0.1) is 8.78 Å². The first-order valence-corrected chi connectivity index (χ1v) is 4.30. The topological polar surface area (TPSA) is 44.5 Å². The van der Waals surface area contributed by atoms with Crippen LogP contribution in [0.4, 0.5) is 8.78 Å². The molecule has 2 N–H and O–H groups in total. The first kappa shape index (κ1) is 9.76. The molecule has 1 aromatic rings. The largest absolute Gasteiger partial charge is 0.586 e. The van der Waals surface area contributed by atoms with Crippen LogP contribution in [0.25, 0.3) is 5.57 Å². The number of alkyl halides is 2. The van der Waals surface area contributed by atoms with Crippen LogP contribution in [0.5, 0.6) is 11.5 Å². The fourth-order valence-corrected chi connectivity index (χ4v) is 1.29. The summed E-state index contributed by atoms with van der Waals surface area (Å²) in [5.74, 6) is 0.0623. The Bertz CT molecular complexity index is 429. The third-order valence-electron chi connectivity index (χ3n) is 2.11. The zero-order chi connectivity index (χ0) is 11.1. The molecule has 1 aromatic carbocycles. The lowest BCUT2D eigenvalue weighted by atomic mass is 10.1. The maximum absolute atomic E-state index is 12.7. The van der Waals surface area contributed by atoms with Gasteiger partial charge in [0.2, 0.25) is 0 Å². The number of hydrogen-bond acceptors (Lipinski definition) is 3. The van der Waals surface area contributed by atoms with Crippen molar-refractivity contribution in [1.29, 1.82) is 0 Å². The highest BCUT2D eigenvalue weighted by atomic mass is 19.3. The summed E-state index contributed by atoms with van der Waals surface area (Å²) in [5, 5.41) is 0. The van der Waals surface area contributed by atoms with Crippen molar-refractivity contribution in [1.82, 2.24) is 0 Å². The molecule has 0 radical (unpaired) electrons. The number of ether oxygens (including phenoxy) is 2. The average Bonchev–Trinajstić information content (AvgIpc) is 2.49. The number of benzene rings is 1. The number of nitrogens with two attached hydrogens (primary N) is 1. The van der Waals surface area contributed by atoms with E-state index in [9.17, 15) is 8.78 Å². The van der Waals surface area contributed by atoms with Gasteiger partial charge in [-0.25, -0.2) is 0 Å². The molecular weight excluding hydrogens is 204 g/mol. The van der Waals surface area contributed by atoms with Gasteiger partial charge in [-0.2, -0.15) is 0 Å². The molecule has 0 saturated carbocycles. The van der Waals surface area contributed by atoms with Crippen LogP contribution < -0.4 is 15.2 Å². The minimum absolute atomic E-state index is 0.0266. The Hall–Kier alpha value is -1.78. The number of rotatable bonds is 1. The van der Waals surface area contributed by atoms with Gasteiger partial charge in [0, 0.05) is 0 Å². The predicted octanol–water partition coefficient (Wildman–Crippen LogP) is 2.33. The third-order valence-corrected chi connectivity index (χ3v) is 2.11. The summed E-state index contributed by atoms with van der Waals surface area (Å²) in [7, 11) is 0. The van der Waals surface area contributed by atoms with Gasteiger partial charge < -0.3 is 15.2 Å². The van der Waals surface area contributed by atoms with Gasteiger partial charge in [0.1, 0.15) is 0 Å². The Morgan fingerprint density at radius 1 is 1.33 bits per heavy atom.